The molecule has 2 aromatic carbocycles. The van der Waals surface area contributed by atoms with E-state index in [0.717, 1.165) is 10.7 Å². The van der Waals surface area contributed by atoms with Gasteiger partial charge in [0.2, 0.25) is 0 Å². The van der Waals surface area contributed by atoms with Gasteiger partial charge in [-0.1, -0.05) is 38.1 Å². The molecule has 0 spiro atoms. The zero-order chi connectivity index (χ0) is 21.2. The van der Waals surface area contributed by atoms with E-state index in [2.05, 4.69) is 29.9 Å². The van der Waals surface area contributed by atoms with E-state index in [1.165, 1.54) is 5.56 Å². The molecule has 0 bridgehead atoms. The van der Waals surface area contributed by atoms with Crippen LogP contribution in [0.3, 0.4) is 0 Å². The summed E-state index contributed by atoms with van der Waals surface area (Å²) in [6, 6.07) is 14.2. The van der Waals surface area contributed by atoms with Gasteiger partial charge in [-0.05, 0) is 60.5 Å². The predicted octanol–water partition coefficient (Wildman–Crippen LogP) is 3.49. The number of imide groups is 1. The average molecular weight is 413 g/mol. The van der Waals surface area contributed by atoms with Crippen LogP contribution in [-0.2, 0) is 10.3 Å². The summed E-state index contributed by atoms with van der Waals surface area (Å²) >= 11 is 5.27. The molecule has 152 valence electrons. The zero-order valence-electron chi connectivity index (χ0n) is 16.8. The maximum absolute atomic E-state index is 13.0. The Morgan fingerprint density at radius 3 is 2.28 bits per heavy atom. The number of hydrogen-bond acceptors (Lipinski definition) is 4. The van der Waals surface area contributed by atoms with Crippen LogP contribution >= 0.6 is 12.2 Å². The van der Waals surface area contributed by atoms with Crippen molar-refractivity contribution >= 4 is 35.0 Å². The van der Waals surface area contributed by atoms with E-state index in [4.69, 9.17) is 17.0 Å². The van der Waals surface area contributed by atoms with Crippen LogP contribution in [-0.4, -0.2) is 29.2 Å². The second kappa shape index (κ2) is 8.08. The van der Waals surface area contributed by atoms with E-state index in [1.54, 1.807) is 38.3 Å². The molecule has 29 heavy (non-hydrogen) atoms. The molecule has 1 heterocycles. The molecule has 3 amide bonds. The van der Waals surface area contributed by atoms with Gasteiger partial charge in [0.05, 0.1) is 7.11 Å². The molecular weight excluding hydrogens is 388 g/mol. The van der Waals surface area contributed by atoms with Crippen molar-refractivity contribution in [3.8, 4) is 5.75 Å². The fraction of sp³-hybridized carbons (Fsp3) is 0.286. The molecule has 0 saturated carbocycles. The molecule has 7 nitrogen and oxygen atoms in total. The van der Waals surface area contributed by atoms with E-state index in [-0.39, 0.29) is 5.11 Å². The summed E-state index contributed by atoms with van der Waals surface area (Å²) in [5.41, 5.74) is 4.09. The first-order valence-electron chi connectivity index (χ1n) is 9.23. The molecule has 3 rings (SSSR count). The smallest absolute Gasteiger partial charge is 0.344 e. The Labute approximate surface area is 175 Å². The number of urea groups is 1. The summed E-state index contributed by atoms with van der Waals surface area (Å²) in [5.74, 6) is 0.639. The number of methoxy groups -OCH3 is 1. The minimum Gasteiger partial charge on any atom is -0.497 e. The molecule has 1 saturated heterocycles. The quantitative estimate of drug-likeness (QED) is 0.515. The summed E-state index contributed by atoms with van der Waals surface area (Å²) in [6.07, 6.45) is 0. The number of thiocarbonyl (C=S) groups is 1. The van der Waals surface area contributed by atoms with Crippen LogP contribution in [0, 0.1) is 0 Å². The van der Waals surface area contributed by atoms with Crippen molar-refractivity contribution in [1.82, 2.24) is 15.8 Å². The Morgan fingerprint density at radius 2 is 1.72 bits per heavy atom. The van der Waals surface area contributed by atoms with Crippen molar-refractivity contribution in [2.24, 2.45) is 0 Å². The van der Waals surface area contributed by atoms with Gasteiger partial charge in [0.25, 0.3) is 5.91 Å². The van der Waals surface area contributed by atoms with Gasteiger partial charge in [0.1, 0.15) is 11.3 Å². The number of rotatable bonds is 5. The second-order valence-electron chi connectivity index (χ2n) is 7.27. The summed E-state index contributed by atoms with van der Waals surface area (Å²) in [6.45, 7) is 5.88. The third-order valence-corrected chi connectivity index (χ3v) is 5.10. The summed E-state index contributed by atoms with van der Waals surface area (Å²) in [7, 11) is 1.56. The second-order valence-corrected chi connectivity index (χ2v) is 7.68. The number of carbonyl (C=O) groups is 2. The lowest BCUT2D eigenvalue weighted by Gasteiger charge is -2.23. The average Bonchev–Trinajstić information content (AvgIpc) is 2.92. The fourth-order valence-corrected chi connectivity index (χ4v) is 3.28. The van der Waals surface area contributed by atoms with Crippen LogP contribution in [0.4, 0.5) is 10.5 Å². The number of amides is 3. The molecule has 1 aliphatic heterocycles. The van der Waals surface area contributed by atoms with Crippen LogP contribution in [0.5, 0.6) is 5.75 Å². The van der Waals surface area contributed by atoms with Gasteiger partial charge in [-0.3, -0.25) is 10.2 Å². The van der Waals surface area contributed by atoms with Gasteiger partial charge in [0.15, 0.2) is 5.11 Å². The Hall–Kier alpha value is -3.13. The van der Waals surface area contributed by atoms with Crippen molar-refractivity contribution in [3.63, 3.8) is 0 Å². The van der Waals surface area contributed by atoms with Crippen molar-refractivity contribution in [2.75, 3.05) is 12.4 Å². The van der Waals surface area contributed by atoms with E-state index in [1.807, 2.05) is 24.3 Å². The maximum atomic E-state index is 13.0. The van der Waals surface area contributed by atoms with Crippen molar-refractivity contribution < 1.29 is 14.3 Å². The van der Waals surface area contributed by atoms with E-state index >= 15 is 0 Å². The molecule has 1 atom stereocenters. The topological polar surface area (TPSA) is 82.7 Å². The molecule has 0 aromatic heterocycles. The fourth-order valence-electron chi connectivity index (χ4n) is 3.07. The molecule has 3 N–H and O–H groups in total. The van der Waals surface area contributed by atoms with Crippen LogP contribution in [0.15, 0.2) is 48.5 Å². The van der Waals surface area contributed by atoms with Crippen LogP contribution in [0.1, 0.15) is 37.8 Å². The molecular formula is C21H24N4O3S. The Morgan fingerprint density at radius 1 is 1.10 bits per heavy atom. The molecule has 0 radical (unpaired) electrons. The van der Waals surface area contributed by atoms with Crippen molar-refractivity contribution in [2.45, 2.75) is 32.2 Å². The number of nitrogens with one attached hydrogen (secondary N) is 3. The minimum absolute atomic E-state index is 0.143. The molecule has 8 heteroatoms. The van der Waals surface area contributed by atoms with Crippen LogP contribution < -0.4 is 20.8 Å². The maximum Gasteiger partial charge on any atom is 0.344 e. The van der Waals surface area contributed by atoms with E-state index < -0.39 is 17.5 Å². The number of benzene rings is 2. The number of nitrogens with zero attached hydrogens (tertiary/aromatic N) is 1. The summed E-state index contributed by atoms with van der Waals surface area (Å²) < 4.78 is 5.14. The van der Waals surface area contributed by atoms with Crippen LogP contribution in [0.25, 0.3) is 0 Å². The monoisotopic (exact) mass is 412 g/mol. The largest absolute Gasteiger partial charge is 0.497 e. The molecule has 0 unspecified atom stereocenters. The lowest BCUT2D eigenvalue weighted by molar-refractivity contribution is -0.132. The van der Waals surface area contributed by atoms with Crippen molar-refractivity contribution in [3.05, 3.63) is 59.7 Å². The van der Waals surface area contributed by atoms with E-state index in [9.17, 15) is 9.59 Å². The van der Waals surface area contributed by atoms with Gasteiger partial charge in [0, 0.05) is 5.69 Å². The normalized spacial score (nSPS) is 18.6. The Balaban J connectivity index is 1.69. The minimum atomic E-state index is -1.20. The third kappa shape index (κ3) is 4.17. The first-order chi connectivity index (χ1) is 13.7. The highest BCUT2D eigenvalue weighted by atomic mass is 32.1. The van der Waals surface area contributed by atoms with Gasteiger partial charge in [-0.2, -0.15) is 5.01 Å². The Kier molecular flexibility index (Phi) is 5.74. The highest BCUT2D eigenvalue weighted by Crippen LogP contribution is 2.29. The van der Waals surface area contributed by atoms with Gasteiger partial charge < -0.3 is 15.4 Å². The number of carbonyl (C=O) groups excluding carboxylic acids is 2. The summed E-state index contributed by atoms with van der Waals surface area (Å²) in [5, 5.41) is 6.74. The SMILES string of the molecule is COc1ccc([C@]2(C)NC(=O)N(NC(=S)Nc3ccc(C(C)C)cc3)C2=O)cc1. The number of ether oxygens (including phenoxy) is 1. The first kappa shape index (κ1) is 20.6. The van der Waals surface area contributed by atoms with Gasteiger partial charge in [-0.15, -0.1) is 0 Å². The molecule has 1 fully saturated rings. The third-order valence-electron chi connectivity index (χ3n) is 4.91. The lowest BCUT2D eigenvalue weighted by atomic mass is 9.92. The summed E-state index contributed by atoms with van der Waals surface area (Å²) in [4.78, 5) is 25.4. The Bertz CT molecular complexity index is 928. The molecule has 0 aliphatic carbocycles. The molecule has 1 aliphatic rings. The molecule has 2 aromatic rings. The van der Waals surface area contributed by atoms with E-state index in [0.29, 0.717) is 17.2 Å². The van der Waals surface area contributed by atoms with Gasteiger partial charge in [-0.25, -0.2) is 4.79 Å². The zero-order valence-corrected chi connectivity index (χ0v) is 17.6. The van der Waals surface area contributed by atoms with Gasteiger partial charge >= 0.3 is 6.03 Å². The van der Waals surface area contributed by atoms with Crippen molar-refractivity contribution in [1.29, 1.82) is 0 Å². The highest BCUT2D eigenvalue weighted by Gasteiger charge is 2.49. The number of hydrazine groups is 1. The number of anilines is 1. The number of hydrogen-bond donors (Lipinski definition) is 3. The standard InChI is InChI=1S/C21H24N4O3S/c1-13(2)14-5-9-16(10-6-14)22-19(29)24-25-18(26)21(3,23-20(25)27)15-7-11-17(28-4)12-8-15/h5-13H,1-4H3,(H,23,27)(H2,22,24,29)/t21-/m0/s1. The predicted molar refractivity (Wildman–Crippen MR) is 116 cm³/mol. The first-order valence-corrected chi connectivity index (χ1v) is 9.64. The van der Waals surface area contributed by atoms with Crippen LogP contribution in [0.2, 0.25) is 0 Å². The highest BCUT2D eigenvalue weighted by molar-refractivity contribution is 7.80. The lowest BCUT2D eigenvalue weighted by Crippen LogP contribution is -2.49.